The molecule has 0 saturated heterocycles. The van der Waals surface area contributed by atoms with E-state index in [0.29, 0.717) is 22.0 Å². The minimum atomic E-state index is -0.231. The van der Waals surface area contributed by atoms with E-state index in [2.05, 4.69) is 15.3 Å². The van der Waals surface area contributed by atoms with Crippen molar-refractivity contribution in [2.24, 2.45) is 0 Å². The minimum absolute atomic E-state index is 0.167. The second kappa shape index (κ2) is 7.32. The van der Waals surface area contributed by atoms with E-state index in [9.17, 15) is 4.79 Å². The molecule has 140 valence electrons. The maximum Gasteiger partial charge on any atom is 0.264 e. The fourth-order valence-corrected chi connectivity index (χ4v) is 3.51. The first-order valence-electron chi connectivity index (χ1n) is 8.78. The second-order valence-corrected chi connectivity index (χ2v) is 6.85. The van der Waals surface area contributed by atoms with E-state index in [-0.39, 0.29) is 11.6 Å². The van der Waals surface area contributed by atoms with E-state index >= 15 is 0 Å². The molecule has 0 aliphatic rings. The molecule has 28 heavy (non-hydrogen) atoms. The molecular formula is C21H18ClN5O. The molecule has 0 radical (unpaired) electrons. The van der Waals surface area contributed by atoms with Crippen LogP contribution in [0.1, 0.15) is 18.7 Å². The first-order chi connectivity index (χ1) is 13.5. The molecule has 0 amide bonds. The Hall–Kier alpha value is -3.38. The molecule has 1 atom stereocenters. The monoisotopic (exact) mass is 391 g/mol. The molecular weight excluding hydrogens is 374 g/mol. The maximum atomic E-state index is 13.4. The number of para-hydroxylation sites is 1. The lowest BCUT2D eigenvalue weighted by Gasteiger charge is -2.21. The molecule has 2 aromatic carbocycles. The number of anilines is 2. The van der Waals surface area contributed by atoms with Gasteiger partial charge in [-0.3, -0.25) is 9.36 Å². The Morgan fingerprint density at radius 2 is 1.86 bits per heavy atom. The highest BCUT2D eigenvalue weighted by Gasteiger charge is 2.18. The van der Waals surface area contributed by atoms with Crippen molar-refractivity contribution in [3.63, 3.8) is 0 Å². The molecule has 4 rings (SSSR count). The first kappa shape index (κ1) is 18.0. The molecule has 2 heterocycles. The molecule has 0 spiro atoms. The number of fused-ring (bicyclic) bond motifs is 1. The number of pyridine rings is 1. The molecule has 3 N–H and O–H groups in total. The number of nitrogens with one attached hydrogen (secondary N) is 1. The van der Waals surface area contributed by atoms with Crippen molar-refractivity contribution in [2.45, 2.75) is 13.0 Å². The van der Waals surface area contributed by atoms with E-state index in [0.717, 1.165) is 16.8 Å². The SMILES string of the molecule is C[C@H](Nc1cc(N)ncn1)c1cc2cccc(Cl)c2c(=O)n1-c1ccccc1. The molecule has 0 fully saturated rings. The van der Waals surface area contributed by atoms with Crippen molar-refractivity contribution >= 4 is 34.0 Å². The summed E-state index contributed by atoms with van der Waals surface area (Å²) in [6.07, 6.45) is 1.40. The summed E-state index contributed by atoms with van der Waals surface area (Å²) in [5.41, 5.74) is 7.13. The highest BCUT2D eigenvalue weighted by molar-refractivity contribution is 6.35. The van der Waals surface area contributed by atoms with Crippen LogP contribution in [0.25, 0.3) is 16.5 Å². The molecule has 0 aliphatic carbocycles. The normalized spacial score (nSPS) is 12.1. The van der Waals surface area contributed by atoms with Gasteiger partial charge in [-0.2, -0.15) is 0 Å². The van der Waals surface area contributed by atoms with Crippen LogP contribution in [0.3, 0.4) is 0 Å². The number of hydrogen-bond acceptors (Lipinski definition) is 5. The fraction of sp³-hybridized carbons (Fsp3) is 0.0952. The van der Waals surface area contributed by atoms with Crippen molar-refractivity contribution in [1.82, 2.24) is 14.5 Å². The lowest BCUT2D eigenvalue weighted by Crippen LogP contribution is -2.25. The third-order valence-corrected chi connectivity index (χ3v) is 4.85. The van der Waals surface area contributed by atoms with Gasteiger partial charge in [0.1, 0.15) is 18.0 Å². The van der Waals surface area contributed by atoms with E-state index in [1.54, 1.807) is 16.7 Å². The average Bonchev–Trinajstić information content (AvgIpc) is 2.68. The van der Waals surface area contributed by atoms with Gasteiger partial charge in [-0.25, -0.2) is 9.97 Å². The van der Waals surface area contributed by atoms with Crippen LogP contribution in [-0.4, -0.2) is 14.5 Å². The molecule has 4 aromatic rings. The third kappa shape index (κ3) is 3.30. The third-order valence-electron chi connectivity index (χ3n) is 4.54. The Morgan fingerprint density at radius 1 is 1.07 bits per heavy atom. The highest BCUT2D eigenvalue weighted by atomic mass is 35.5. The number of nitrogens with two attached hydrogens (primary N) is 1. The van der Waals surface area contributed by atoms with Gasteiger partial charge in [0.2, 0.25) is 0 Å². The second-order valence-electron chi connectivity index (χ2n) is 6.44. The van der Waals surface area contributed by atoms with Crippen molar-refractivity contribution in [2.75, 3.05) is 11.1 Å². The molecule has 0 unspecified atom stereocenters. The van der Waals surface area contributed by atoms with Gasteiger partial charge in [0, 0.05) is 17.4 Å². The van der Waals surface area contributed by atoms with Gasteiger partial charge in [-0.05, 0) is 36.6 Å². The zero-order valence-corrected chi connectivity index (χ0v) is 15.9. The largest absolute Gasteiger partial charge is 0.384 e. The van der Waals surface area contributed by atoms with Crippen molar-refractivity contribution in [3.05, 3.63) is 88.1 Å². The number of halogens is 1. The van der Waals surface area contributed by atoms with Crippen LogP contribution in [0.5, 0.6) is 0 Å². The predicted molar refractivity (Wildman–Crippen MR) is 113 cm³/mol. The molecule has 0 bridgehead atoms. The van der Waals surface area contributed by atoms with Crippen molar-refractivity contribution in [3.8, 4) is 5.69 Å². The number of hydrogen-bond donors (Lipinski definition) is 2. The number of nitrogen functional groups attached to an aromatic ring is 1. The predicted octanol–water partition coefficient (Wildman–Crippen LogP) is 4.19. The Kier molecular flexibility index (Phi) is 4.71. The smallest absolute Gasteiger partial charge is 0.264 e. The van der Waals surface area contributed by atoms with Gasteiger partial charge in [-0.15, -0.1) is 0 Å². The van der Waals surface area contributed by atoms with E-state index < -0.39 is 0 Å². The maximum absolute atomic E-state index is 13.4. The Balaban J connectivity index is 1.92. The fourth-order valence-electron chi connectivity index (χ4n) is 3.25. The quantitative estimate of drug-likeness (QED) is 0.544. The zero-order chi connectivity index (χ0) is 19.7. The number of benzene rings is 2. The topological polar surface area (TPSA) is 85.8 Å². The molecule has 0 aliphatic heterocycles. The average molecular weight is 392 g/mol. The Morgan fingerprint density at radius 3 is 2.61 bits per heavy atom. The molecule has 2 aromatic heterocycles. The summed E-state index contributed by atoms with van der Waals surface area (Å²) in [6, 6.07) is 18.3. The summed E-state index contributed by atoms with van der Waals surface area (Å²) in [7, 11) is 0. The van der Waals surface area contributed by atoms with Gasteiger partial charge in [0.25, 0.3) is 5.56 Å². The van der Waals surface area contributed by atoms with Crippen LogP contribution >= 0.6 is 11.6 Å². The summed E-state index contributed by atoms with van der Waals surface area (Å²) in [6.45, 7) is 1.96. The van der Waals surface area contributed by atoms with Crippen LogP contribution in [0.4, 0.5) is 11.6 Å². The summed E-state index contributed by atoms with van der Waals surface area (Å²) in [5, 5.41) is 5.01. The van der Waals surface area contributed by atoms with Gasteiger partial charge in [0.15, 0.2) is 0 Å². The van der Waals surface area contributed by atoms with Crippen LogP contribution in [0.2, 0.25) is 5.02 Å². The minimum Gasteiger partial charge on any atom is -0.384 e. The number of nitrogens with zero attached hydrogens (tertiary/aromatic N) is 3. The van der Waals surface area contributed by atoms with Gasteiger partial charge >= 0.3 is 0 Å². The van der Waals surface area contributed by atoms with Gasteiger partial charge in [-0.1, -0.05) is 41.9 Å². The summed E-state index contributed by atoms with van der Waals surface area (Å²) < 4.78 is 1.68. The highest BCUT2D eigenvalue weighted by Crippen LogP contribution is 2.26. The number of aromatic nitrogens is 3. The Labute approximate surface area is 166 Å². The van der Waals surface area contributed by atoms with E-state index in [1.807, 2.05) is 55.5 Å². The van der Waals surface area contributed by atoms with Gasteiger partial charge < -0.3 is 11.1 Å². The first-order valence-corrected chi connectivity index (χ1v) is 9.16. The van der Waals surface area contributed by atoms with E-state index in [1.165, 1.54) is 6.33 Å². The standard InChI is InChI=1S/C21H18ClN5O/c1-13(26-19-11-18(23)24-12-25-19)17-10-14-6-5-9-16(22)20(14)21(28)27(17)15-7-3-2-4-8-15/h2-13H,1H3,(H3,23,24,25,26)/t13-/m0/s1. The summed E-state index contributed by atoms with van der Waals surface area (Å²) >= 11 is 6.34. The summed E-state index contributed by atoms with van der Waals surface area (Å²) in [4.78, 5) is 21.5. The van der Waals surface area contributed by atoms with Gasteiger partial charge in [0.05, 0.1) is 16.5 Å². The van der Waals surface area contributed by atoms with Crippen molar-refractivity contribution in [1.29, 1.82) is 0 Å². The van der Waals surface area contributed by atoms with Crippen LogP contribution in [0, 0.1) is 0 Å². The molecule has 6 nitrogen and oxygen atoms in total. The van der Waals surface area contributed by atoms with Crippen LogP contribution in [-0.2, 0) is 0 Å². The van der Waals surface area contributed by atoms with Crippen LogP contribution in [0.15, 0.2) is 71.8 Å². The summed E-state index contributed by atoms with van der Waals surface area (Å²) in [5.74, 6) is 0.952. The molecule has 0 saturated carbocycles. The van der Waals surface area contributed by atoms with Crippen molar-refractivity contribution < 1.29 is 0 Å². The zero-order valence-electron chi connectivity index (χ0n) is 15.1. The molecule has 7 heteroatoms. The lowest BCUT2D eigenvalue weighted by molar-refractivity contribution is 0.773. The van der Waals surface area contributed by atoms with Crippen LogP contribution < -0.4 is 16.6 Å². The number of rotatable bonds is 4. The Bertz CT molecular complexity index is 1210. The van der Waals surface area contributed by atoms with E-state index in [4.69, 9.17) is 17.3 Å². The lowest BCUT2D eigenvalue weighted by atomic mass is 10.1.